The van der Waals surface area contributed by atoms with E-state index < -0.39 is 12.5 Å². The van der Waals surface area contributed by atoms with Crippen LogP contribution in [0.15, 0.2) is 48.5 Å². The van der Waals surface area contributed by atoms with Crippen LogP contribution in [0.2, 0.25) is 0 Å². The van der Waals surface area contributed by atoms with Crippen molar-refractivity contribution in [1.82, 2.24) is 10.2 Å². The lowest BCUT2D eigenvalue weighted by Gasteiger charge is -2.16. The molecule has 3 rings (SSSR count). The minimum absolute atomic E-state index is 0.0389. The SMILES string of the molecule is COc1ccc(CCNC(=O)C2CC(=O)N(Cc3ccccc3)C2)cc1OC(F)F. The van der Waals surface area contributed by atoms with Crippen molar-refractivity contribution in [3.63, 3.8) is 0 Å². The summed E-state index contributed by atoms with van der Waals surface area (Å²) in [5.74, 6) is -0.449. The van der Waals surface area contributed by atoms with Crippen molar-refractivity contribution in [2.75, 3.05) is 20.2 Å². The molecule has 8 heteroatoms. The van der Waals surface area contributed by atoms with Gasteiger partial charge in [0.05, 0.1) is 13.0 Å². The third kappa shape index (κ3) is 5.68. The fourth-order valence-electron chi connectivity index (χ4n) is 3.44. The highest BCUT2D eigenvalue weighted by atomic mass is 19.3. The van der Waals surface area contributed by atoms with Crippen LogP contribution in [-0.4, -0.2) is 43.5 Å². The van der Waals surface area contributed by atoms with Gasteiger partial charge in [0.2, 0.25) is 11.8 Å². The van der Waals surface area contributed by atoms with Crippen molar-refractivity contribution >= 4 is 11.8 Å². The van der Waals surface area contributed by atoms with Gasteiger partial charge in [0, 0.05) is 26.1 Å². The number of carbonyl (C=O) groups excluding carboxylic acids is 2. The van der Waals surface area contributed by atoms with E-state index in [2.05, 4.69) is 10.1 Å². The third-order valence-electron chi connectivity index (χ3n) is 4.96. The smallest absolute Gasteiger partial charge is 0.387 e. The summed E-state index contributed by atoms with van der Waals surface area (Å²) >= 11 is 0. The summed E-state index contributed by atoms with van der Waals surface area (Å²) in [6.07, 6.45) is 0.622. The van der Waals surface area contributed by atoms with Crippen molar-refractivity contribution in [3.05, 3.63) is 59.7 Å². The molecule has 30 heavy (non-hydrogen) atoms. The standard InChI is InChI=1S/C22H24F2N2O4/c1-29-18-8-7-15(11-19(18)30-22(23)24)9-10-25-21(28)17-12-20(27)26(14-17)13-16-5-3-2-4-6-16/h2-8,11,17,22H,9-10,12-14H2,1H3,(H,25,28). The Morgan fingerprint density at radius 3 is 2.63 bits per heavy atom. The Labute approximate surface area is 173 Å². The lowest BCUT2D eigenvalue weighted by Crippen LogP contribution is -2.34. The van der Waals surface area contributed by atoms with E-state index in [-0.39, 0.29) is 29.7 Å². The topological polar surface area (TPSA) is 67.9 Å². The lowest BCUT2D eigenvalue weighted by molar-refractivity contribution is -0.129. The van der Waals surface area contributed by atoms with Gasteiger partial charge in [-0.1, -0.05) is 36.4 Å². The first-order valence-electron chi connectivity index (χ1n) is 9.67. The van der Waals surface area contributed by atoms with Gasteiger partial charge in [0.25, 0.3) is 0 Å². The van der Waals surface area contributed by atoms with Gasteiger partial charge in [0.15, 0.2) is 11.5 Å². The van der Waals surface area contributed by atoms with Gasteiger partial charge >= 0.3 is 6.61 Å². The molecule has 1 saturated heterocycles. The maximum atomic E-state index is 12.5. The van der Waals surface area contributed by atoms with Gasteiger partial charge in [-0.05, 0) is 29.7 Å². The first-order valence-corrected chi connectivity index (χ1v) is 9.67. The molecule has 0 bridgehead atoms. The summed E-state index contributed by atoms with van der Waals surface area (Å²) in [4.78, 5) is 26.4. The Morgan fingerprint density at radius 1 is 1.17 bits per heavy atom. The van der Waals surface area contributed by atoms with Crippen LogP contribution in [0.1, 0.15) is 17.5 Å². The number of hydrogen-bond acceptors (Lipinski definition) is 4. The Bertz CT molecular complexity index is 877. The summed E-state index contributed by atoms with van der Waals surface area (Å²) in [6, 6.07) is 14.4. The van der Waals surface area contributed by atoms with E-state index in [1.54, 1.807) is 17.0 Å². The largest absolute Gasteiger partial charge is 0.493 e. The lowest BCUT2D eigenvalue weighted by atomic mass is 10.1. The molecule has 0 aliphatic carbocycles. The van der Waals surface area contributed by atoms with Gasteiger partial charge in [-0.15, -0.1) is 0 Å². The fraction of sp³-hybridized carbons (Fsp3) is 0.364. The van der Waals surface area contributed by atoms with Gasteiger partial charge in [-0.2, -0.15) is 8.78 Å². The molecule has 6 nitrogen and oxygen atoms in total. The Balaban J connectivity index is 1.49. The molecular weight excluding hydrogens is 394 g/mol. The number of nitrogens with zero attached hydrogens (tertiary/aromatic N) is 1. The summed E-state index contributed by atoms with van der Waals surface area (Å²) in [6.45, 7) is -1.76. The number of hydrogen-bond donors (Lipinski definition) is 1. The van der Waals surface area contributed by atoms with Crippen LogP contribution in [0, 0.1) is 5.92 Å². The molecule has 1 heterocycles. The molecule has 1 aliphatic rings. The zero-order valence-corrected chi connectivity index (χ0v) is 16.6. The number of benzene rings is 2. The number of amides is 2. The zero-order chi connectivity index (χ0) is 21.5. The molecule has 0 radical (unpaired) electrons. The molecule has 0 spiro atoms. The van der Waals surface area contributed by atoms with Crippen molar-refractivity contribution in [1.29, 1.82) is 0 Å². The van der Waals surface area contributed by atoms with Gasteiger partial charge < -0.3 is 19.7 Å². The molecule has 0 aromatic heterocycles. The number of ether oxygens (including phenoxy) is 2. The van der Waals surface area contributed by atoms with Crippen molar-refractivity contribution < 1.29 is 27.8 Å². The molecule has 2 aromatic carbocycles. The quantitative estimate of drug-likeness (QED) is 0.680. The van der Waals surface area contributed by atoms with Crippen molar-refractivity contribution in [2.24, 2.45) is 5.92 Å². The number of methoxy groups -OCH3 is 1. The highest BCUT2D eigenvalue weighted by molar-refractivity contribution is 5.89. The predicted octanol–water partition coefficient (Wildman–Crippen LogP) is 3.00. The summed E-state index contributed by atoms with van der Waals surface area (Å²) in [5.41, 5.74) is 1.74. The molecule has 160 valence electrons. The van der Waals surface area contributed by atoms with Crippen LogP contribution < -0.4 is 14.8 Å². The first-order chi connectivity index (χ1) is 14.5. The number of nitrogens with one attached hydrogen (secondary N) is 1. The second-order valence-electron chi connectivity index (χ2n) is 7.07. The monoisotopic (exact) mass is 418 g/mol. The molecule has 1 unspecified atom stereocenters. The Kier molecular flexibility index (Phi) is 7.21. The molecule has 2 amide bonds. The molecular formula is C22H24F2N2O4. The highest BCUT2D eigenvalue weighted by Gasteiger charge is 2.34. The van der Waals surface area contributed by atoms with E-state index in [0.29, 0.717) is 26.1 Å². The minimum atomic E-state index is -2.95. The number of likely N-dealkylation sites (tertiary alicyclic amines) is 1. The second-order valence-corrected chi connectivity index (χ2v) is 7.07. The van der Waals surface area contributed by atoms with Gasteiger partial charge in [0.1, 0.15) is 0 Å². The van der Waals surface area contributed by atoms with Gasteiger partial charge in [-0.25, -0.2) is 0 Å². The molecule has 1 N–H and O–H groups in total. The maximum Gasteiger partial charge on any atom is 0.387 e. The second kappa shape index (κ2) is 10.0. The van der Waals surface area contributed by atoms with E-state index >= 15 is 0 Å². The van der Waals surface area contributed by atoms with E-state index in [1.807, 2.05) is 30.3 Å². The van der Waals surface area contributed by atoms with Crippen LogP contribution >= 0.6 is 0 Å². The van der Waals surface area contributed by atoms with E-state index in [4.69, 9.17) is 4.74 Å². The third-order valence-corrected chi connectivity index (χ3v) is 4.96. The molecule has 1 fully saturated rings. The van der Waals surface area contributed by atoms with Crippen LogP contribution in [-0.2, 0) is 22.6 Å². The zero-order valence-electron chi connectivity index (χ0n) is 16.6. The molecule has 1 atom stereocenters. The van der Waals surface area contributed by atoms with Crippen LogP contribution in [0.5, 0.6) is 11.5 Å². The van der Waals surface area contributed by atoms with Crippen molar-refractivity contribution in [3.8, 4) is 11.5 Å². The van der Waals surface area contributed by atoms with E-state index in [9.17, 15) is 18.4 Å². The van der Waals surface area contributed by atoms with Crippen LogP contribution in [0.25, 0.3) is 0 Å². The fourth-order valence-corrected chi connectivity index (χ4v) is 3.44. The number of rotatable bonds is 9. The maximum absolute atomic E-state index is 12.5. The average Bonchev–Trinajstić information content (AvgIpc) is 3.09. The van der Waals surface area contributed by atoms with Gasteiger partial charge in [-0.3, -0.25) is 9.59 Å². The molecule has 2 aromatic rings. The molecule has 0 saturated carbocycles. The number of alkyl halides is 2. The van der Waals surface area contributed by atoms with E-state index in [1.165, 1.54) is 13.2 Å². The van der Waals surface area contributed by atoms with E-state index in [0.717, 1.165) is 11.1 Å². The summed E-state index contributed by atoms with van der Waals surface area (Å²) in [5, 5.41) is 2.83. The number of carbonyl (C=O) groups is 2. The number of halogens is 2. The Morgan fingerprint density at radius 2 is 1.93 bits per heavy atom. The minimum Gasteiger partial charge on any atom is -0.493 e. The average molecular weight is 418 g/mol. The summed E-state index contributed by atoms with van der Waals surface area (Å²) < 4.78 is 34.5. The molecule has 1 aliphatic heterocycles. The summed E-state index contributed by atoms with van der Waals surface area (Å²) in [7, 11) is 1.37. The van der Waals surface area contributed by atoms with Crippen molar-refractivity contribution in [2.45, 2.75) is 26.0 Å². The predicted molar refractivity (Wildman–Crippen MR) is 106 cm³/mol. The Hall–Kier alpha value is -3.16. The highest BCUT2D eigenvalue weighted by Crippen LogP contribution is 2.29. The normalized spacial score (nSPS) is 16.1. The van der Waals surface area contributed by atoms with Crippen LogP contribution in [0.3, 0.4) is 0 Å². The first kappa shape index (κ1) is 21.5. The van der Waals surface area contributed by atoms with Crippen LogP contribution in [0.4, 0.5) is 8.78 Å².